The third-order valence-electron chi connectivity index (χ3n) is 2.61. The van der Waals surface area contributed by atoms with Gasteiger partial charge in [-0.15, -0.1) is 0 Å². The molecule has 2 atom stereocenters. The van der Waals surface area contributed by atoms with Crippen molar-refractivity contribution in [2.45, 2.75) is 24.3 Å². The number of fused-ring (bicyclic) bond motifs is 1. The fraction of sp³-hybridized carbons (Fsp3) is 0.333. The van der Waals surface area contributed by atoms with Gasteiger partial charge in [-0.25, -0.2) is 9.19 Å². The molecular formula is C12H15N3O3S. The van der Waals surface area contributed by atoms with E-state index in [1.165, 1.54) is 0 Å². The van der Waals surface area contributed by atoms with Gasteiger partial charge in [-0.1, -0.05) is 0 Å². The van der Waals surface area contributed by atoms with Crippen LogP contribution in [-0.2, 0) is 15.6 Å². The lowest BCUT2D eigenvalue weighted by atomic mass is 10.3. The predicted octanol–water partition coefficient (Wildman–Crippen LogP) is 1.04. The van der Waals surface area contributed by atoms with Crippen LogP contribution in [0, 0.1) is 0 Å². The molecule has 0 saturated carbocycles. The van der Waals surface area contributed by atoms with Crippen molar-refractivity contribution < 1.29 is 13.4 Å². The number of nitrogens with one attached hydrogen (secondary N) is 1. The van der Waals surface area contributed by atoms with Gasteiger partial charge in [-0.2, -0.15) is 0 Å². The number of nitrogen functional groups attached to an aromatic ring is 1. The van der Waals surface area contributed by atoms with E-state index in [9.17, 15) is 9.00 Å². The highest BCUT2D eigenvalue weighted by molar-refractivity contribution is 7.86. The molecule has 0 aliphatic carbocycles. The normalized spacial score (nSPS) is 14.2. The standard InChI is InChI=1S/C12H15N3O3S/c1-3-14-11(16)7(2)19(17)12-15-9-6-8(13)4-5-10(9)18-12/h4-7H,3,13H2,1-2H3,(H,14,16). The molecule has 102 valence electrons. The first-order chi connectivity index (χ1) is 9.02. The smallest absolute Gasteiger partial charge is 0.288 e. The van der Waals surface area contributed by atoms with Gasteiger partial charge in [0.1, 0.15) is 21.6 Å². The van der Waals surface area contributed by atoms with E-state index in [0.717, 1.165) is 0 Å². The number of nitrogens with two attached hydrogens (primary N) is 1. The van der Waals surface area contributed by atoms with Crippen molar-refractivity contribution in [3.8, 4) is 0 Å². The quantitative estimate of drug-likeness (QED) is 0.816. The first-order valence-electron chi connectivity index (χ1n) is 5.87. The van der Waals surface area contributed by atoms with Crippen LogP contribution in [0.15, 0.2) is 27.8 Å². The third-order valence-corrected chi connectivity index (χ3v) is 3.98. The van der Waals surface area contributed by atoms with Crippen molar-refractivity contribution in [2.75, 3.05) is 12.3 Å². The summed E-state index contributed by atoms with van der Waals surface area (Å²) in [5.74, 6) is -0.289. The molecular weight excluding hydrogens is 266 g/mol. The zero-order chi connectivity index (χ0) is 14.0. The Labute approximate surface area is 112 Å². The molecule has 0 saturated heterocycles. The van der Waals surface area contributed by atoms with Crippen molar-refractivity contribution in [3.63, 3.8) is 0 Å². The molecule has 2 unspecified atom stereocenters. The number of aromatic nitrogens is 1. The lowest BCUT2D eigenvalue weighted by molar-refractivity contribution is -0.120. The Morgan fingerprint density at radius 1 is 1.58 bits per heavy atom. The SMILES string of the molecule is CCNC(=O)C(C)S(=O)c1nc2cc(N)ccc2o1. The number of nitrogens with zero attached hydrogens (tertiary/aromatic N) is 1. The second-order valence-corrected chi connectivity index (χ2v) is 5.69. The van der Waals surface area contributed by atoms with Crippen molar-refractivity contribution in [2.24, 2.45) is 0 Å². The van der Waals surface area contributed by atoms with Gasteiger partial charge in [0.2, 0.25) is 5.91 Å². The molecule has 1 heterocycles. The monoisotopic (exact) mass is 281 g/mol. The molecule has 19 heavy (non-hydrogen) atoms. The zero-order valence-electron chi connectivity index (χ0n) is 10.7. The molecule has 2 aromatic rings. The molecule has 1 aromatic heterocycles. The summed E-state index contributed by atoms with van der Waals surface area (Å²) in [5, 5.41) is 1.94. The number of oxazole rings is 1. The Bertz CT molecular complexity index is 638. The van der Waals surface area contributed by atoms with Crippen molar-refractivity contribution in [1.29, 1.82) is 0 Å². The second kappa shape index (κ2) is 5.40. The Morgan fingerprint density at radius 3 is 3.00 bits per heavy atom. The highest BCUT2D eigenvalue weighted by atomic mass is 32.2. The van der Waals surface area contributed by atoms with Gasteiger partial charge in [0.25, 0.3) is 5.22 Å². The Kier molecular flexibility index (Phi) is 3.84. The lowest BCUT2D eigenvalue weighted by Crippen LogP contribution is -2.35. The average Bonchev–Trinajstić information content (AvgIpc) is 2.80. The molecule has 0 spiro atoms. The second-order valence-electron chi connectivity index (χ2n) is 4.04. The number of anilines is 1. The first-order valence-corrected chi connectivity index (χ1v) is 7.08. The molecule has 6 nitrogen and oxygen atoms in total. The van der Waals surface area contributed by atoms with Gasteiger partial charge >= 0.3 is 0 Å². The molecule has 0 aliphatic heterocycles. The molecule has 1 amide bonds. The maximum absolute atomic E-state index is 12.2. The van der Waals surface area contributed by atoms with Gasteiger partial charge in [-0.05, 0) is 32.0 Å². The molecule has 7 heteroatoms. The van der Waals surface area contributed by atoms with Crippen LogP contribution in [-0.4, -0.2) is 26.9 Å². The fourth-order valence-corrected chi connectivity index (χ4v) is 2.52. The maximum Gasteiger partial charge on any atom is 0.288 e. The molecule has 2 rings (SSSR count). The number of hydrogen-bond donors (Lipinski definition) is 2. The number of carbonyl (C=O) groups is 1. The number of rotatable bonds is 4. The van der Waals surface area contributed by atoms with E-state index in [2.05, 4.69) is 10.3 Å². The van der Waals surface area contributed by atoms with Gasteiger partial charge in [-0.3, -0.25) is 4.79 Å². The average molecular weight is 281 g/mol. The minimum atomic E-state index is -1.63. The van der Waals surface area contributed by atoms with Crippen LogP contribution in [0.4, 0.5) is 5.69 Å². The van der Waals surface area contributed by atoms with Crippen molar-refractivity contribution in [1.82, 2.24) is 10.3 Å². The van der Waals surface area contributed by atoms with Crippen LogP contribution >= 0.6 is 0 Å². The van der Waals surface area contributed by atoms with Gasteiger partial charge in [0.15, 0.2) is 5.58 Å². The van der Waals surface area contributed by atoms with Gasteiger partial charge in [0.05, 0.1) is 0 Å². The van der Waals surface area contributed by atoms with E-state index in [-0.39, 0.29) is 11.1 Å². The van der Waals surface area contributed by atoms with Crippen molar-refractivity contribution >= 4 is 33.5 Å². The van der Waals surface area contributed by atoms with Crippen LogP contribution < -0.4 is 11.1 Å². The number of amides is 1. The summed E-state index contributed by atoms with van der Waals surface area (Å²) in [6.45, 7) is 3.87. The van der Waals surface area contributed by atoms with Gasteiger partial charge < -0.3 is 15.5 Å². The van der Waals surface area contributed by atoms with E-state index < -0.39 is 16.0 Å². The molecule has 1 aromatic carbocycles. The summed E-state index contributed by atoms with van der Waals surface area (Å²) in [4.78, 5) is 15.7. The Hall–Kier alpha value is -1.89. The van der Waals surface area contributed by atoms with Crippen LogP contribution in [0.1, 0.15) is 13.8 Å². The first kappa shape index (κ1) is 13.5. The van der Waals surface area contributed by atoms with Gasteiger partial charge in [0, 0.05) is 12.2 Å². The fourth-order valence-electron chi connectivity index (χ4n) is 1.58. The Morgan fingerprint density at radius 2 is 2.32 bits per heavy atom. The minimum absolute atomic E-state index is 0.0411. The van der Waals surface area contributed by atoms with Crippen LogP contribution in [0.2, 0.25) is 0 Å². The predicted molar refractivity (Wildman–Crippen MR) is 73.0 cm³/mol. The highest BCUT2D eigenvalue weighted by Gasteiger charge is 2.25. The maximum atomic E-state index is 12.2. The van der Waals surface area contributed by atoms with Crippen LogP contribution in [0.5, 0.6) is 0 Å². The number of carbonyl (C=O) groups excluding carboxylic acids is 1. The van der Waals surface area contributed by atoms with E-state index in [1.807, 2.05) is 0 Å². The van der Waals surface area contributed by atoms with Crippen molar-refractivity contribution in [3.05, 3.63) is 18.2 Å². The third kappa shape index (κ3) is 2.76. The molecule has 0 aliphatic rings. The number of benzene rings is 1. The molecule has 0 bridgehead atoms. The highest BCUT2D eigenvalue weighted by Crippen LogP contribution is 2.21. The molecule has 0 radical (unpaired) electrons. The van der Waals surface area contributed by atoms with E-state index in [0.29, 0.717) is 23.3 Å². The summed E-state index contributed by atoms with van der Waals surface area (Å²) >= 11 is 0. The summed E-state index contributed by atoms with van der Waals surface area (Å²) in [6, 6.07) is 4.97. The van der Waals surface area contributed by atoms with E-state index >= 15 is 0 Å². The topological polar surface area (TPSA) is 98.2 Å². The van der Waals surface area contributed by atoms with Crippen LogP contribution in [0.25, 0.3) is 11.1 Å². The Balaban J connectivity index is 2.28. The zero-order valence-corrected chi connectivity index (χ0v) is 11.5. The summed E-state index contributed by atoms with van der Waals surface area (Å²) in [5.41, 5.74) is 7.22. The lowest BCUT2D eigenvalue weighted by Gasteiger charge is -2.07. The summed E-state index contributed by atoms with van der Waals surface area (Å²) in [7, 11) is -1.63. The summed E-state index contributed by atoms with van der Waals surface area (Å²) in [6.07, 6.45) is 0. The largest absolute Gasteiger partial charge is 0.430 e. The molecule has 3 N–H and O–H groups in total. The van der Waals surface area contributed by atoms with E-state index in [1.54, 1.807) is 32.0 Å². The van der Waals surface area contributed by atoms with E-state index in [4.69, 9.17) is 10.2 Å². The minimum Gasteiger partial charge on any atom is -0.430 e. The summed E-state index contributed by atoms with van der Waals surface area (Å²) < 4.78 is 17.6. The van der Waals surface area contributed by atoms with Crippen LogP contribution in [0.3, 0.4) is 0 Å². The molecule has 0 fully saturated rings. The number of hydrogen-bond acceptors (Lipinski definition) is 5.